The summed E-state index contributed by atoms with van der Waals surface area (Å²) in [5.74, 6) is -1.34. The van der Waals surface area contributed by atoms with E-state index in [9.17, 15) is 14.4 Å². The van der Waals surface area contributed by atoms with Crippen molar-refractivity contribution in [3.05, 3.63) is 90.0 Å². The molecule has 0 aliphatic carbocycles. The molecule has 3 aromatic rings. The van der Waals surface area contributed by atoms with Crippen LogP contribution in [0.5, 0.6) is 0 Å². The van der Waals surface area contributed by atoms with E-state index in [1.807, 2.05) is 12.1 Å². The van der Waals surface area contributed by atoms with Gasteiger partial charge in [-0.25, -0.2) is 4.79 Å². The van der Waals surface area contributed by atoms with Gasteiger partial charge in [-0.3, -0.25) is 9.59 Å². The van der Waals surface area contributed by atoms with Gasteiger partial charge in [-0.15, -0.1) is 11.8 Å². The average molecular weight is 460 g/mol. The molecule has 0 heterocycles. The van der Waals surface area contributed by atoms with Crippen LogP contribution in [0.4, 0.5) is 11.4 Å². The third-order valence-corrected chi connectivity index (χ3v) is 5.51. The van der Waals surface area contributed by atoms with Crippen molar-refractivity contribution in [2.75, 3.05) is 16.4 Å². The first-order valence-electron chi connectivity index (χ1n) is 10.0. The summed E-state index contributed by atoms with van der Waals surface area (Å²) >= 11 is 1.17. The van der Waals surface area contributed by atoms with Gasteiger partial charge >= 0.3 is 5.97 Å². The van der Waals surface area contributed by atoms with Crippen LogP contribution in [0.3, 0.4) is 0 Å². The Bertz CT molecular complexity index is 1190. The minimum absolute atomic E-state index is 0.0467. The first-order valence-corrected chi connectivity index (χ1v) is 11.0. The number of hydrogen-bond acceptors (Lipinski definition) is 6. The van der Waals surface area contributed by atoms with E-state index in [-0.39, 0.29) is 17.2 Å². The Kier molecular flexibility index (Phi) is 8.22. The fourth-order valence-corrected chi connectivity index (χ4v) is 3.65. The van der Waals surface area contributed by atoms with E-state index in [0.717, 1.165) is 0 Å². The summed E-state index contributed by atoms with van der Waals surface area (Å²) in [6.45, 7) is 1.49. The van der Waals surface area contributed by atoms with Gasteiger partial charge in [-0.2, -0.15) is 5.26 Å². The summed E-state index contributed by atoms with van der Waals surface area (Å²) in [5, 5.41) is 14.4. The molecular formula is C25H21N3O4S. The molecule has 0 aromatic heterocycles. The van der Waals surface area contributed by atoms with E-state index >= 15 is 0 Å². The molecule has 0 aliphatic heterocycles. The number of anilines is 2. The topological polar surface area (TPSA) is 108 Å². The van der Waals surface area contributed by atoms with Gasteiger partial charge in [0.15, 0.2) is 6.10 Å². The fraction of sp³-hybridized carbons (Fsp3) is 0.120. The Labute approximate surface area is 195 Å². The summed E-state index contributed by atoms with van der Waals surface area (Å²) in [7, 11) is 0. The Balaban J connectivity index is 1.58. The molecule has 1 atom stereocenters. The highest BCUT2D eigenvalue weighted by Gasteiger charge is 2.21. The Morgan fingerprint density at radius 2 is 1.64 bits per heavy atom. The number of nitrogens with zero attached hydrogens (tertiary/aromatic N) is 1. The molecule has 7 nitrogen and oxygen atoms in total. The van der Waals surface area contributed by atoms with E-state index < -0.39 is 18.0 Å². The van der Waals surface area contributed by atoms with Crippen molar-refractivity contribution in [1.82, 2.24) is 0 Å². The van der Waals surface area contributed by atoms with E-state index in [4.69, 9.17) is 10.00 Å². The van der Waals surface area contributed by atoms with Gasteiger partial charge in [0.1, 0.15) is 0 Å². The summed E-state index contributed by atoms with van der Waals surface area (Å²) in [6.07, 6.45) is -1.01. The molecule has 166 valence electrons. The molecular weight excluding hydrogens is 438 g/mol. The molecule has 8 heteroatoms. The maximum atomic E-state index is 12.7. The minimum atomic E-state index is -1.01. The van der Waals surface area contributed by atoms with Crippen molar-refractivity contribution < 1.29 is 19.1 Å². The second-order valence-corrected chi connectivity index (χ2v) is 7.95. The van der Waals surface area contributed by atoms with Crippen LogP contribution in [0, 0.1) is 11.3 Å². The van der Waals surface area contributed by atoms with Crippen molar-refractivity contribution in [2.45, 2.75) is 17.9 Å². The number of carbonyl (C=O) groups excluding carboxylic acids is 3. The second kappa shape index (κ2) is 11.5. The Morgan fingerprint density at radius 1 is 0.939 bits per heavy atom. The monoisotopic (exact) mass is 459 g/mol. The summed E-state index contributed by atoms with van der Waals surface area (Å²) in [6, 6.07) is 24.2. The lowest BCUT2D eigenvalue weighted by Crippen LogP contribution is -2.30. The molecule has 0 saturated carbocycles. The number of hydrogen-bond donors (Lipinski definition) is 2. The first kappa shape index (κ1) is 23.6. The molecule has 0 aliphatic rings. The van der Waals surface area contributed by atoms with Crippen LogP contribution in [-0.2, 0) is 14.3 Å². The zero-order chi connectivity index (χ0) is 23.6. The smallest absolute Gasteiger partial charge is 0.340 e. The molecule has 1 unspecified atom stereocenters. The number of ether oxygens (including phenoxy) is 1. The maximum Gasteiger partial charge on any atom is 0.340 e. The molecule has 2 amide bonds. The van der Waals surface area contributed by atoms with Gasteiger partial charge in [0.25, 0.3) is 5.91 Å². The number of carbonyl (C=O) groups is 3. The number of rotatable bonds is 8. The van der Waals surface area contributed by atoms with Gasteiger partial charge in [0, 0.05) is 16.3 Å². The minimum Gasteiger partial charge on any atom is -0.449 e. The number of para-hydroxylation sites is 1. The lowest BCUT2D eigenvalue weighted by molar-refractivity contribution is -0.123. The van der Waals surface area contributed by atoms with Crippen molar-refractivity contribution in [1.29, 1.82) is 5.26 Å². The highest BCUT2D eigenvalue weighted by atomic mass is 32.2. The first-order chi connectivity index (χ1) is 16.0. The quantitative estimate of drug-likeness (QED) is 0.380. The molecule has 0 radical (unpaired) electrons. The van der Waals surface area contributed by atoms with Crippen LogP contribution in [0.1, 0.15) is 22.8 Å². The lowest BCUT2D eigenvalue weighted by atomic mass is 10.2. The van der Waals surface area contributed by atoms with Crippen LogP contribution >= 0.6 is 11.8 Å². The van der Waals surface area contributed by atoms with Gasteiger partial charge in [0.05, 0.1) is 22.9 Å². The Morgan fingerprint density at radius 3 is 2.39 bits per heavy atom. The number of esters is 1. The number of nitriles is 1. The number of thioether (sulfide) groups is 1. The molecule has 0 fully saturated rings. The van der Waals surface area contributed by atoms with E-state index in [0.29, 0.717) is 21.8 Å². The molecule has 0 spiro atoms. The lowest BCUT2D eigenvalue weighted by Gasteiger charge is -2.15. The normalized spacial score (nSPS) is 11.0. The molecule has 3 rings (SSSR count). The van der Waals surface area contributed by atoms with Crippen molar-refractivity contribution in [3.8, 4) is 6.07 Å². The molecule has 2 N–H and O–H groups in total. The standard InChI is InChI=1S/C25H21N3O4S/c1-17(24(30)28-19-9-3-2-4-10-19)32-25(31)21-12-5-6-13-22(21)33-16-23(29)27-20-11-7-8-18(14-20)15-26/h2-14,17H,16H2,1H3,(H,27,29)(H,28,30). The zero-order valence-electron chi connectivity index (χ0n) is 17.8. The van der Waals surface area contributed by atoms with Crippen LogP contribution in [0.25, 0.3) is 0 Å². The largest absolute Gasteiger partial charge is 0.449 e. The maximum absolute atomic E-state index is 12.7. The van der Waals surface area contributed by atoms with Crippen LogP contribution in [0.2, 0.25) is 0 Å². The third-order valence-electron chi connectivity index (χ3n) is 4.44. The van der Waals surface area contributed by atoms with Crippen molar-refractivity contribution >= 4 is 40.9 Å². The average Bonchev–Trinajstić information content (AvgIpc) is 2.83. The van der Waals surface area contributed by atoms with E-state index in [1.54, 1.807) is 72.8 Å². The zero-order valence-corrected chi connectivity index (χ0v) is 18.6. The molecule has 0 saturated heterocycles. The predicted molar refractivity (Wildman–Crippen MR) is 127 cm³/mol. The molecule has 33 heavy (non-hydrogen) atoms. The summed E-state index contributed by atoms with van der Waals surface area (Å²) in [5.41, 5.74) is 1.83. The number of nitrogens with one attached hydrogen (secondary N) is 2. The van der Waals surface area contributed by atoms with Crippen molar-refractivity contribution in [3.63, 3.8) is 0 Å². The van der Waals surface area contributed by atoms with Crippen LogP contribution in [0.15, 0.2) is 83.8 Å². The van der Waals surface area contributed by atoms with Gasteiger partial charge in [-0.05, 0) is 49.4 Å². The van der Waals surface area contributed by atoms with Gasteiger partial charge in [-0.1, -0.05) is 36.4 Å². The highest BCUT2D eigenvalue weighted by molar-refractivity contribution is 8.00. The fourth-order valence-electron chi connectivity index (χ4n) is 2.81. The number of benzene rings is 3. The van der Waals surface area contributed by atoms with Crippen LogP contribution in [-0.4, -0.2) is 29.6 Å². The number of amides is 2. The van der Waals surface area contributed by atoms with E-state index in [1.165, 1.54) is 18.7 Å². The van der Waals surface area contributed by atoms with Gasteiger partial charge in [0.2, 0.25) is 5.91 Å². The Hall–Kier alpha value is -4.09. The molecule has 3 aromatic carbocycles. The van der Waals surface area contributed by atoms with Crippen LogP contribution < -0.4 is 10.6 Å². The van der Waals surface area contributed by atoms with E-state index in [2.05, 4.69) is 10.6 Å². The van der Waals surface area contributed by atoms with Gasteiger partial charge < -0.3 is 15.4 Å². The second-order valence-electron chi connectivity index (χ2n) is 6.93. The SMILES string of the molecule is CC(OC(=O)c1ccccc1SCC(=O)Nc1cccc(C#N)c1)C(=O)Nc1ccccc1. The third kappa shape index (κ3) is 6.95. The highest BCUT2D eigenvalue weighted by Crippen LogP contribution is 2.24. The van der Waals surface area contributed by atoms with Crippen molar-refractivity contribution in [2.24, 2.45) is 0 Å². The predicted octanol–water partition coefficient (Wildman–Crippen LogP) is 4.47. The summed E-state index contributed by atoms with van der Waals surface area (Å²) < 4.78 is 5.34. The summed E-state index contributed by atoms with van der Waals surface area (Å²) in [4.78, 5) is 37.9. The molecule has 0 bridgehead atoms.